The molecule has 3 aromatic rings. The number of hydrogen-bond acceptors (Lipinski definition) is 4. The first-order valence-electron chi connectivity index (χ1n) is 9.13. The van der Waals surface area contributed by atoms with Crippen LogP contribution >= 0.6 is 0 Å². The number of aromatic nitrogens is 2. The van der Waals surface area contributed by atoms with E-state index in [9.17, 15) is 26.7 Å². The Morgan fingerprint density at radius 1 is 0.968 bits per heavy atom. The lowest BCUT2D eigenvalue weighted by molar-refractivity contribution is -0.115. The minimum Gasteiger partial charge on any atom is -0.392 e. The van der Waals surface area contributed by atoms with Gasteiger partial charge in [0.05, 0.1) is 30.6 Å². The van der Waals surface area contributed by atoms with Crippen molar-refractivity contribution in [3.05, 3.63) is 76.4 Å². The van der Waals surface area contributed by atoms with Crippen molar-refractivity contribution in [2.24, 2.45) is 0 Å². The van der Waals surface area contributed by atoms with E-state index < -0.39 is 47.0 Å². The van der Waals surface area contributed by atoms with Gasteiger partial charge in [-0.15, -0.1) is 0 Å². The number of carbonyl (C=O) groups excluding carboxylic acids is 1. The van der Waals surface area contributed by atoms with Crippen LogP contribution < -0.4 is 5.32 Å². The molecule has 0 aliphatic heterocycles. The van der Waals surface area contributed by atoms with E-state index in [-0.39, 0.29) is 12.4 Å². The first-order valence-corrected chi connectivity index (χ1v) is 9.13. The van der Waals surface area contributed by atoms with Crippen molar-refractivity contribution < 1.29 is 31.9 Å². The Labute approximate surface area is 173 Å². The first kappa shape index (κ1) is 22.3. The number of nitrogens with zero attached hydrogens (tertiary/aromatic N) is 2. The molecule has 5 nitrogen and oxygen atoms in total. The van der Waals surface area contributed by atoms with E-state index in [0.29, 0.717) is 28.9 Å². The molecule has 0 unspecified atom stereocenters. The number of rotatable bonds is 6. The zero-order chi connectivity index (χ0) is 22.7. The van der Waals surface area contributed by atoms with Gasteiger partial charge in [0.15, 0.2) is 29.1 Å². The summed E-state index contributed by atoms with van der Waals surface area (Å²) >= 11 is 0. The van der Waals surface area contributed by atoms with E-state index in [1.807, 2.05) is 0 Å². The van der Waals surface area contributed by atoms with Crippen LogP contribution in [0.2, 0.25) is 0 Å². The standard InChI is InChI=1S/C21H16F5N3O2/c1-2-13-21(27-8-14(28-13)11-5-3-10(9-30)4-6-11)29-15(31)7-12-16(22)18(24)20(26)19(25)17(12)23/h3-6,8,30H,2,7,9H2,1H3,(H,27,29,31). The Hall–Kier alpha value is -3.40. The van der Waals surface area contributed by atoms with Crippen LogP contribution in [0.3, 0.4) is 0 Å². The second-order valence-electron chi connectivity index (χ2n) is 6.53. The summed E-state index contributed by atoms with van der Waals surface area (Å²) in [6, 6.07) is 6.89. The molecule has 0 saturated carbocycles. The van der Waals surface area contributed by atoms with Crippen LogP contribution in [0.1, 0.15) is 23.7 Å². The van der Waals surface area contributed by atoms with Gasteiger partial charge in [-0.25, -0.2) is 31.9 Å². The molecular formula is C21H16F5N3O2. The summed E-state index contributed by atoms with van der Waals surface area (Å²) < 4.78 is 67.4. The van der Waals surface area contributed by atoms with Crippen molar-refractivity contribution in [2.45, 2.75) is 26.4 Å². The van der Waals surface area contributed by atoms with E-state index in [1.54, 1.807) is 31.2 Å². The zero-order valence-electron chi connectivity index (χ0n) is 16.1. The highest BCUT2D eigenvalue weighted by molar-refractivity contribution is 5.92. The SMILES string of the molecule is CCc1nc(-c2ccc(CO)cc2)cnc1NC(=O)Cc1c(F)c(F)c(F)c(F)c1F. The second-order valence-corrected chi connectivity index (χ2v) is 6.53. The summed E-state index contributed by atoms with van der Waals surface area (Å²) in [6.07, 6.45) is 0.621. The molecule has 0 aliphatic rings. The number of amides is 1. The number of aliphatic hydroxyl groups is 1. The molecule has 0 atom stereocenters. The molecule has 0 radical (unpaired) electrons. The molecule has 1 amide bonds. The van der Waals surface area contributed by atoms with Gasteiger partial charge in [-0.1, -0.05) is 31.2 Å². The lowest BCUT2D eigenvalue weighted by Crippen LogP contribution is -2.20. The van der Waals surface area contributed by atoms with Gasteiger partial charge >= 0.3 is 0 Å². The maximum atomic E-state index is 13.8. The van der Waals surface area contributed by atoms with Crippen molar-refractivity contribution in [3.63, 3.8) is 0 Å². The molecule has 10 heteroatoms. The minimum atomic E-state index is -2.29. The molecule has 162 valence electrons. The maximum Gasteiger partial charge on any atom is 0.230 e. The van der Waals surface area contributed by atoms with E-state index in [0.717, 1.165) is 0 Å². The Kier molecular flexibility index (Phi) is 6.59. The number of hydrogen-bond donors (Lipinski definition) is 2. The fourth-order valence-electron chi connectivity index (χ4n) is 2.84. The van der Waals surface area contributed by atoms with Gasteiger partial charge in [-0.05, 0) is 12.0 Å². The average Bonchev–Trinajstić information content (AvgIpc) is 2.79. The maximum absolute atomic E-state index is 13.8. The van der Waals surface area contributed by atoms with Crippen LogP contribution in [-0.2, 0) is 24.2 Å². The molecule has 2 N–H and O–H groups in total. The fraction of sp³-hybridized carbons (Fsp3) is 0.190. The topological polar surface area (TPSA) is 75.1 Å². The Bertz CT molecular complexity index is 1110. The lowest BCUT2D eigenvalue weighted by Gasteiger charge is -2.12. The number of aliphatic hydroxyl groups excluding tert-OH is 1. The third-order valence-corrected chi connectivity index (χ3v) is 4.51. The number of carbonyl (C=O) groups is 1. The third kappa shape index (κ3) is 4.53. The van der Waals surface area contributed by atoms with Crippen molar-refractivity contribution >= 4 is 11.7 Å². The normalized spacial score (nSPS) is 10.9. The molecule has 1 heterocycles. The molecule has 31 heavy (non-hydrogen) atoms. The van der Waals surface area contributed by atoms with Gasteiger partial charge in [-0.2, -0.15) is 0 Å². The smallest absolute Gasteiger partial charge is 0.230 e. The largest absolute Gasteiger partial charge is 0.392 e. The van der Waals surface area contributed by atoms with Crippen LogP contribution in [-0.4, -0.2) is 21.0 Å². The van der Waals surface area contributed by atoms with Gasteiger partial charge in [0.25, 0.3) is 0 Å². The molecule has 0 aliphatic carbocycles. The van der Waals surface area contributed by atoms with Crippen LogP contribution in [0.25, 0.3) is 11.3 Å². The molecule has 0 spiro atoms. The Balaban J connectivity index is 1.83. The predicted octanol–water partition coefficient (Wildman–Crippen LogP) is 4.08. The van der Waals surface area contributed by atoms with Crippen LogP contribution in [0, 0.1) is 29.1 Å². The number of benzene rings is 2. The van der Waals surface area contributed by atoms with E-state index in [2.05, 4.69) is 15.3 Å². The first-order chi connectivity index (χ1) is 14.8. The zero-order valence-corrected chi connectivity index (χ0v) is 16.1. The summed E-state index contributed by atoms with van der Waals surface area (Å²) in [5.74, 6) is -11.7. The Morgan fingerprint density at radius 3 is 2.10 bits per heavy atom. The fourth-order valence-corrected chi connectivity index (χ4v) is 2.84. The number of anilines is 1. The van der Waals surface area contributed by atoms with Crippen LogP contribution in [0.5, 0.6) is 0 Å². The summed E-state index contributed by atoms with van der Waals surface area (Å²) in [5.41, 5.74) is 1.03. The van der Waals surface area contributed by atoms with Gasteiger partial charge < -0.3 is 10.4 Å². The van der Waals surface area contributed by atoms with Crippen molar-refractivity contribution in [1.82, 2.24) is 9.97 Å². The lowest BCUT2D eigenvalue weighted by atomic mass is 10.1. The minimum absolute atomic E-state index is 0.00657. The van der Waals surface area contributed by atoms with Gasteiger partial charge in [-0.3, -0.25) is 4.79 Å². The number of halogens is 5. The summed E-state index contributed by atoms with van der Waals surface area (Å²) in [6.45, 7) is 1.63. The monoisotopic (exact) mass is 437 g/mol. The predicted molar refractivity (Wildman–Crippen MR) is 101 cm³/mol. The average molecular weight is 437 g/mol. The summed E-state index contributed by atoms with van der Waals surface area (Å²) in [4.78, 5) is 20.7. The van der Waals surface area contributed by atoms with Gasteiger partial charge in [0.2, 0.25) is 11.7 Å². The van der Waals surface area contributed by atoms with Crippen molar-refractivity contribution in [2.75, 3.05) is 5.32 Å². The highest BCUT2D eigenvalue weighted by atomic mass is 19.2. The molecule has 2 aromatic carbocycles. The van der Waals surface area contributed by atoms with Crippen molar-refractivity contribution in [1.29, 1.82) is 0 Å². The second kappa shape index (κ2) is 9.17. The molecule has 0 fully saturated rings. The Morgan fingerprint density at radius 2 is 1.55 bits per heavy atom. The van der Waals surface area contributed by atoms with E-state index >= 15 is 0 Å². The number of aryl methyl sites for hydroxylation is 1. The van der Waals surface area contributed by atoms with Crippen LogP contribution in [0.4, 0.5) is 27.8 Å². The van der Waals surface area contributed by atoms with Gasteiger partial charge in [0.1, 0.15) is 0 Å². The summed E-state index contributed by atoms with van der Waals surface area (Å²) in [7, 11) is 0. The molecule has 0 bridgehead atoms. The van der Waals surface area contributed by atoms with Crippen molar-refractivity contribution in [3.8, 4) is 11.3 Å². The highest BCUT2D eigenvalue weighted by Gasteiger charge is 2.27. The van der Waals surface area contributed by atoms with Gasteiger partial charge in [0, 0.05) is 11.1 Å². The molecule has 0 saturated heterocycles. The van der Waals surface area contributed by atoms with E-state index in [1.165, 1.54) is 6.20 Å². The van der Waals surface area contributed by atoms with E-state index in [4.69, 9.17) is 5.11 Å². The molecular weight excluding hydrogens is 421 g/mol. The molecule has 1 aromatic heterocycles. The third-order valence-electron chi connectivity index (χ3n) is 4.51. The highest BCUT2D eigenvalue weighted by Crippen LogP contribution is 2.24. The van der Waals surface area contributed by atoms with Crippen LogP contribution in [0.15, 0.2) is 30.5 Å². The number of nitrogens with one attached hydrogen (secondary N) is 1. The quantitative estimate of drug-likeness (QED) is 0.346. The molecule has 3 rings (SSSR count). The summed E-state index contributed by atoms with van der Waals surface area (Å²) in [5, 5.41) is 11.4.